The van der Waals surface area contributed by atoms with Crippen molar-refractivity contribution in [2.45, 2.75) is 11.3 Å². The summed E-state index contributed by atoms with van der Waals surface area (Å²) >= 11 is 0. The number of hydrogen-bond acceptors (Lipinski definition) is 6. The van der Waals surface area contributed by atoms with Crippen molar-refractivity contribution in [2.75, 3.05) is 13.6 Å². The van der Waals surface area contributed by atoms with Gasteiger partial charge in [-0.1, -0.05) is 12.1 Å². The summed E-state index contributed by atoms with van der Waals surface area (Å²) in [6.07, 6.45) is 4.79. The molecule has 2 rings (SSSR count). The van der Waals surface area contributed by atoms with Crippen LogP contribution < -0.4 is 15.4 Å². The summed E-state index contributed by atoms with van der Waals surface area (Å²) in [5.41, 5.74) is 1.06. The van der Waals surface area contributed by atoms with Gasteiger partial charge in [0, 0.05) is 26.0 Å². The van der Waals surface area contributed by atoms with Crippen molar-refractivity contribution in [3.8, 4) is 0 Å². The fraction of sp³-hybridized carbons (Fsp3) is 0.200. The van der Waals surface area contributed by atoms with E-state index in [1.807, 2.05) is 4.72 Å². The Morgan fingerprint density at radius 2 is 1.84 bits per heavy atom. The van der Waals surface area contributed by atoms with Crippen molar-refractivity contribution in [1.29, 1.82) is 0 Å². The lowest BCUT2D eigenvalue weighted by Crippen LogP contribution is -2.37. The number of urea groups is 1. The number of nitrogens with zero attached hydrogens (tertiary/aromatic N) is 2. The number of hydrogen-bond donors (Lipinski definition) is 3. The highest BCUT2D eigenvalue weighted by molar-refractivity contribution is 7.90. The van der Waals surface area contributed by atoms with E-state index in [0.29, 0.717) is 13.0 Å². The molecule has 0 fully saturated rings. The first-order valence-corrected chi connectivity index (χ1v) is 8.78. The van der Waals surface area contributed by atoms with Gasteiger partial charge in [0.1, 0.15) is 5.69 Å². The standard InChI is InChI=1S/C15H17N5O4S/c1-16-15(22)20-25(23,24)12-4-2-11(3-5-12)6-7-19-14(21)13-10-17-8-9-18-13/h2-5,8-10H,6-7H2,1H3,(H,19,21)(H2,16,20,22). The Morgan fingerprint density at radius 3 is 2.44 bits per heavy atom. The number of rotatable bonds is 6. The van der Waals surface area contributed by atoms with Crippen LogP contribution in [0.4, 0.5) is 4.79 Å². The third kappa shape index (κ3) is 5.24. The highest BCUT2D eigenvalue weighted by Gasteiger charge is 2.16. The predicted molar refractivity (Wildman–Crippen MR) is 89.3 cm³/mol. The highest BCUT2D eigenvalue weighted by Crippen LogP contribution is 2.10. The predicted octanol–water partition coefficient (Wildman–Crippen LogP) is 0.0668. The summed E-state index contributed by atoms with van der Waals surface area (Å²) in [5, 5.41) is 4.88. The number of sulfonamides is 1. The second-order valence-corrected chi connectivity index (χ2v) is 6.61. The van der Waals surface area contributed by atoms with Crippen molar-refractivity contribution in [3.63, 3.8) is 0 Å². The van der Waals surface area contributed by atoms with Gasteiger partial charge in [-0.05, 0) is 24.1 Å². The molecular weight excluding hydrogens is 346 g/mol. The van der Waals surface area contributed by atoms with E-state index in [0.717, 1.165) is 5.56 Å². The van der Waals surface area contributed by atoms with E-state index in [-0.39, 0.29) is 16.5 Å². The van der Waals surface area contributed by atoms with E-state index in [1.165, 1.54) is 37.8 Å². The van der Waals surface area contributed by atoms with E-state index >= 15 is 0 Å². The second kappa shape index (κ2) is 8.20. The lowest BCUT2D eigenvalue weighted by Gasteiger charge is -2.08. The van der Waals surface area contributed by atoms with Crippen LogP contribution in [0.2, 0.25) is 0 Å². The Balaban J connectivity index is 1.90. The molecule has 0 aliphatic heterocycles. The minimum absolute atomic E-state index is 0.0246. The Labute approximate surface area is 144 Å². The van der Waals surface area contributed by atoms with Gasteiger partial charge in [-0.25, -0.2) is 22.9 Å². The lowest BCUT2D eigenvalue weighted by atomic mass is 10.1. The molecule has 0 bridgehead atoms. The number of benzene rings is 1. The van der Waals surface area contributed by atoms with Gasteiger partial charge in [0.2, 0.25) is 0 Å². The summed E-state index contributed by atoms with van der Waals surface area (Å²) in [6, 6.07) is 5.21. The third-order valence-corrected chi connectivity index (χ3v) is 4.53. The van der Waals surface area contributed by atoms with Crippen LogP contribution >= 0.6 is 0 Å². The van der Waals surface area contributed by atoms with Crippen LogP contribution in [0.1, 0.15) is 16.1 Å². The molecule has 1 heterocycles. The molecule has 0 radical (unpaired) electrons. The molecular formula is C15H17N5O4S. The van der Waals surface area contributed by atoms with E-state index in [2.05, 4.69) is 20.6 Å². The summed E-state index contributed by atoms with van der Waals surface area (Å²) in [6.45, 7) is 0.359. The monoisotopic (exact) mass is 363 g/mol. The highest BCUT2D eigenvalue weighted by atomic mass is 32.2. The van der Waals surface area contributed by atoms with Gasteiger partial charge in [0.15, 0.2) is 0 Å². The van der Waals surface area contributed by atoms with E-state index in [4.69, 9.17) is 0 Å². The summed E-state index contributed by atoms with van der Waals surface area (Å²) in [4.78, 5) is 30.6. The van der Waals surface area contributed by atoms with Gasteiger partial charge >= 0.3 is 6.03 Å². The summed E-state index contributed by atoms with van der Waals surface area (Å²) in [5.74, 6) is -0.331. The van der Waals surface area contributed by atoms with E-state index < -0.39 is 16.1 Å². The van der Waals surface area contributed by atoms with Crippen LogP contribution in [0.25, 0.3) is 0 Å². The zero-order valence-electron chi connectivity index (χ0n) is 13.4. The van der Waals surface area contributed by atoms with Crippen LogP contribution in [0.3, 0.4) is 0 Å². The maximum atomic E-state index is 11.9. The van der Waals surface area contributed by atoms with E-state index in [1.54, 1.807) is 12.1 Å². The zero-order chi connectivity index (χ0) is 18.3. The fourth-order valence-corrected chi connectivity index (χ4v) is 2.85. The van der Waals surface area contributed by atoms with Crippen LogP contribution in [-0.2, 0) is 16.4 Å². The number of amides is 3. The largest absolute Gasteiger partial charge is 0.350 e. The maximum Gasteiger partial charge on any atom is 0.328 e. The molecule has 0 aliphatic carbocycles. The minimum Gasteiger partial charge on any atom is -0.350 e. The molecule has 10 heteroatoms. The van der Waals surface area contributed by atoms with Crippen LogP contribution in [0, 0.1) is 0 Å². The van der Waals surface area contributed by atoms with Gasteiger partial charge in [-0.3, -0.25) is 9.78 Å². The zero-order valence-corrected chi connectivity index (χ0v) is 14.2. The normalized spacial score (nSPS) is 10.8. The number of aromatic nitrogens is 2. The summed E-state index contributed by atoms with van der Waals surface area (Å²) in [7, 11) is -2.58. The first-order valence-electron chi connectivity index (χ1n) is 7.30. The van der Waals surface area contributed by atoms with Gasteiger partial charge in [-0.15, -0.1) is 0 Å². The van der Waals surface area contributed by atoms with Gasteiger partial charge in [0.05, 0.1) is 11.1 Å². The fourth-order valence-electron chi connectivity index (χ4n) is 1.89. The molecule has 0 spiro atoms. The molecule has 0 unspecified atom stereocenters. The molecule has 3 amide bonds. The molecule has 0 aliphatic rings. The van der Waals surface area contributed by atoms with Crippen molar-refractivity contribution in [3.05, 3.63) is 54.1 Å². The Morgan fingerprint density at radius 1 is 1.12 bits per heavy atom. The maximum absolute atomic E-state index is 11.9. The molecule has 25 heavy (non-hydrogen) atoms. The number of carbonyl (C=O) groups excluding carboxylic acids is 2. The molecule has 9 nitrogen and oxygen atoms in total. The summed E-state index contributed by atoms with van der Waals surface area (Å²) < 4.78 is 25.7. The number of nitrogens with one attached hydrogen (secondary N) is 3. The van der Waals surface area contributed by atoms with Crippen molar-refractivity contribution in [1.82, 2.24) is 25.3 Å². The third-order valence-electron chi connectivity index (χ3n) is 3.18. The van der Waals surface area contributed by atoms with Crippen LogP contribution in [-0.4, -0.2) is 43.9 Å². The molecule has 1 aromatic carbocycles. The SMILES string of the molecule is CNC(=O)NS(=O)(=O)c1ccc(CCNC(=O)c2cnccn2)cc1. The van der Waals surface area contributed by atoms with Gasteiger partial charge < -0.3 is 10.6 Å². The molecule has 0 saturated carbocycles. The molecule has 0 saturated heterocycles. The van der Waals surface area contributed by atoms with Crippen molar-refractivity contribution >= 4 is 22.0 Å². The quantitative estimate of drug-likeness (QED) is 0.666. The lowest BCUT2D eigenvalue weighted by molar-refractivity contribution is 0.0948. The van der Waals surface area contributed by atoms with Crippen molar-refractivity contribution in [2.24, 2.45) is 0 Å². The molecule has 2 aromatic rings. The Kier molecular flexibility index (Phi) is 6.01. The van der Waals surface area contributed by atoms with Crippen LogP contribution in [0.15, 0.2) is 47.8 Å². The van der Waals surface area contributed by atoms with Gasteiger partial charge in [0.25, 0.3) is 15.9 Å². The molecule has 0 atom stereocenters. The molecule has 3 N–H and O–H groups in total. The smallest absolute Gasteiger partial charge is 0.328 e. The Bertz CT molecular complexity index is 838. The first-order chi connectivity index (χ1) is 11.9. The molecule has 1 aromatic heterocycles. The number of carbonyl (C=O) groups is 2. The van der Waals surface area contributed by atoms with Gasteiger partial charge in [-0.2, -0.15) is 0 Å². The minimum atomic E-state index is -3.91. The van der Waals surface area contributed by atoms with E-state index in [9.17, 15) is 18.0 Å². The topological polar surface area (TPSA) is 130 Å². The van der Waals surface area contributed by atoms with Crippen LogP contribution in [0.5, 0.6) is 0 Å². The average molecular weight is 363 g/mol. The molecule has 132 valence electrons. The first kappa shape index (κ1) is 18.3. The van der Waals surface area contributed by atoms with Crippen molar-refractivity contribution < 1.29 is 18.0 Å². The average Bonchev–Trinajstić information content (AvgIpc) is 2.62. The Hall–Kier alpha value is -3.01. The second-order valence-electron chi connectivity index (χ2n) is 4.93.